The molecular formula is C4H5O2S3-. The van der Waals surface area contributed by atoms with Gasteiger partial charge in [-0.05, 0) is 0 Å². The first-order valence-electron chi connectivity index (χ1n) is 2.32. The molecule has 0 saturated carbocycles. The summed E-state index contributed by atoms with van der Waals surface area (Å²) in [4.78, 5) is 10.2. The third-order valence-corrected chi connectivity index (χ3v) is 5.03. The van der Waals surface area contributed by atoms with Crippen molar-refractivity contribution in [2.75, 3.05) is 10.2 Å². The van der Waals surface area contributed by atoms with Crippen molar-refractivity contribution >= 4 is 41.3 Å². The number of carboxylic acids is 1. The number of carboxylic acid groups (broad SMARTS) is 1. The molecule has 1 fully saturated rings. The van der Waals surface area contributed by atoms with Gasteiger partial charge in [-0.3, -0.25) is 0 Å². The molecule has 1 aliphatic heterocycles. The zero-order valence-corrected chi connectivity index (χ0v) is 6.98. The largest absolute Gasteiger partial charge is 0.548 e. The molecular weight excluding hydrogens is 176 g/mol. The van der Waals surface area contributed by atoms with E-state index in [4.69, 9.17) is 0 Å². The zero-order chi connectivity index (χ0) is 6.69. The lowest BCUT2D eigenvalue weighted by molar-refractivity contribution is -0.302. The number of aliphatic carboxylic acids is 1. The summed E-state index contributed by atoms with van der Waals surface area (Å²) < 4.78 is -0.328. The van der Waals surface area contributed by atoms with Crippen LogP contribution in [0.15, 0.2) is 0 Å². The highest BCUT2D eigenvalue weighted by atomic mass is 32.3. The van der Waals surface area contributed by atoms with E-state index in [1.54, 1.807) is 11.8 Å². The summed E-state index contributed by atoms with van der Waals surface area (Å²) in [5.74, 6) is -0.940. The van der Waals surface area contributed by atoms with E-state index in [0.29, 0.717) is 0 Å². The fourth-order valence-electron chi connectivity index (χ4n) is 0.438. The number of carbonyl (C=O) groups excluding carboxylic acids is 1. The summed E-state index contributed by atoms with van der Waals surface area (Å²) in [6, 6.07) is 0. The maximum atomic E-state index is 10.2. The molecule has 0 atom stereocenters. The van der Waals surface area contributed by atoms with Crippen LogP contribution in [0.5, 0.6) is 0 Å². The summed E-state index contributed by atoms with van der Waals surface area (Å²) in [6.45, 7) is 0. The number of hydrogen-bond acceptors (Lipinski definition) is 5. The summed E-state index contributed by atoms with van der Waals surface area (Å²) in [6.07, 6.45) is 0. The third kappa shape index (κ3) is 2.31. The predicted octanol–water partition coefficient (Wildman–Crippen LogP) is 0.191. The van der Waals surface area contributed by atoms with Gasteiger partial charge in [0.05, 0.1) is 10.6 Å². The van der Waals surface area contributed by atoms with Gasteiger partial charge in [0.1, 0.15) is 0 Å². The van der Waals surface area contributed by atoms with Crippen molar-refractivity contribution in [3.8, 4) is 0 Å². The Balaban J connectivity index is 2.31. The standard InChI is InChI=1S/C4H6O2S3/c5-3(6)4-8-1-7-2-9-4/h4H,1-2H2,(H,5,6)/p-1. The molecule has 0 bridgehead atoms. The molecule has 2 nitrogen and oxygen atoms in total. The smallest absolute Gasteiger partial charge is 0.0912 e. The monoisotopic (exact) mass is 181 g/mol. The van der Waals surface area contributed by atoms with E-state index in [9.17, 15) is 9.90 Å². The van der Waals surface area contributed by atoms with Crippen molar-refractivity contribution in [3.63, 3.8) is 0 Å². The molecule has 5 heteroatoms. The Morgan fingerprint density at radius 2 is 2.00 bits per heavy atom. The molecule has 0 aliphatic carbocycles. The summed E-state index contributed by atoms with van der Waals surface area (Å²) in [5, 5.41) is 12.0. The Kier molecular flexibility index (Phi) is 3.08. The maximum absolute atomic E-state index is 10.2. The highest BCUT2D eigenvalue weighted by molar-refractivity contribution is 8.33. The average Bonchev–Trinajstić information content (AvgIpc) is 1.90. The molecule has 52 valence electrons. The number of carbonyl (C=O) groups is 1. The molecule has 1 saturated heterocycles. The van der Waals surface area contributed by atoms with Crippen molar-refractivity contribution in [3.05, 3.63) is 0 Å². The highest BCUT2D eigenvalue weighted by Crippen LogP contribution is 2.35. The van der Waals surface area contributed by atoms with Crippen LogP contribution in [0.25, 0.3) is 0 Å². The van der Waals surface area contributed by atoms with Crippen LogP contribution < -0.4 is 5.11 Å². The topological polar surface area (TPSA) is 40.1 Å². The van der Waals surface area contributed by atoms with Crippen LogP contribution in [0.3, 0.4) is 0 Å². The van der Waals surface area contributed by atoms with E-state index in [0.717, 1.165) is 10.2 Å². The van der Waals surface area contributed by atoms with Gasteiger partial charge in [-0.1, -0.05) is 0 Å². The minimum atomic E-state index is -0.940. The van der Waals surface area contributed by atoms with Crippen molar-refractivity contribution in [1.29, 1.82) is 0 Å². The van der Waals surface area contributed by atoms with Crippen molar-refractivity contribution in [2.45, 2.75) is 4.58 Å². The van der Waals surface area contributed by atoms with Crippen LogP contribution in [-0.2, 0) is 4.79 Å². The van der Waals surface area contributed by atoms with Crippen molar-refractivity contribution in [1.82, 2.24) is 0 Å². The first kappa shape index (κ1) is 7.63. The minimum absolute atomic E-state index is 0.328. The van der Waals surface area contributed by atoms with E-state index < -0.39 is 5.97 Å². The van der Waals surface area contributed by atoms with Crippen LogP contribution in [0.1, 0.15) is 0 Å². The van der Waals surface area contributed by atoms with Gasteiger partial charge in [-0.25, -0.2) is 0 Å². The van der Waals surface area contributed by atoms with E-state index in [-0.39, 0.29) is 4.58 Å². The van der Waals surface area contributed by atoms with Gasteiger partial charge >= 0.3 is 0 Å². The molecule has 0 radical (unpaired) electrons. The van der Waals surface area contributed by atoms with Gasteiger partial charge in [0.15, 0.2) is 0 Å². The summed E-state index contributed by atoms with van der Waals surface area (Å²) >= 11 is 4.62. The molecule has 1 heterocycles. The van der Waals surface area contributed by atoms with Gasteiger partial charge in [0.2, 0.25) is 0 Å². The van der Waals surface area contributed by atoms with Gasteiger partial charge in [0, 0.05) is 10.2 Å². The maximum Gasteiger partial charge on any atom is 0.0912 e. The van der Waals surface area contributed by atoms with E-state index >= 15 is 0 Å². The second kappa shape index (κ2) is 3.63. The Morgan fingerprint density at radius 3 is 2.33 bits per heavy atom. The second-order valence-corrected chi connectivity index (χ2v) is 5.63. The molecule has 0 unspecified atom stereocenters. The van der Waals surface area contributed by atoms with Crippen molar-refractivity contribution in [2.24, 2.45) is 0 Å². The molecule has 0 spiro atoms. The molecule has 0 aromatic heterocycles. The lowest BCUT2D eigenvalue weighted by atomic mass is 10.8. The molecule has 0 N–H and O–H groups in total. The quantitative estimate of drug-likeness (QED) is 0.577. The predicted molar refractivity (Wildman–Crippen MR) is 41.3 cm³/mol. The lowest BCUT2D eigenvalue weighted by Crippen LogP contribution is -2.32. The van der Waals surface area contributed by atoms with E-state index in [1.165, 1.54) is 23.5 Å². The third-order valence-electron chi connectivity index (χ3n) is 0.798. The van der Waals surface area contributed by atoms with Crippen LogP contribution in [-0.4, -0.2) is 20.7 Å². The molecule has 1 rings (SSSR count). The van der Waals surface area contributed by atoms with Gasteiger partial charge in [-0.2, -0.15) is 0 Å². The van der Waals surface area contributed by atoms with Crippen LogP contribution in [0, 0.1) is 0 Å². The Bertz CT molecular complexity index is 110. The SMILES string of the molecule is O=C([O-])C1SCSCS1. The Hall–Kier alpha value is 0.520. The second-order valence-electron chi connectivity index (χ2n) is 1.42. The van der Waals surface area contributed by atoms with Crippen LogP contribution in [0.4, 0.5) is 0 Å². The Morgan fingerprint density at radius 1 is 1.44 bits per heavy atom. The van der Waals surface area contributed by atoms with Crippen molar-refractivity contribution < 1.29 is 9.90 Å². The van der Waals surface area contributed by atoms with E-state index in [1.807, 2.05) is 0 Å². The average molecular weight is 181 g/mol. The fraction of sp³-hybridized carbons (Fsp3) is 0.750. The first-order chi connectivity index (χ1) is 4.30. The molecule has 0 aromatic carbocycles. The Labute approximate surface area is 66.2 Å². The van der Waals surface area contributed by atoms with Gasteiger partial charge in [0.25, 0.3) is 0 Å². The molecule has 0 aromatic rings. The number of thioether (sulfide) groups is 3. The number of hydrogen-bond donors (Lipinski definition) is 0. The zero-order valence-electron chi connectivity index (χ0n) is 4.53. The normalized spacial score (nSPS) is 21.8. The summed E-state index contributed by atoms with van der Waals surface area (Å²) in [7, 11) is 0. The van der Waals surface area contributed by atoms with Crippen LogP contribution >= 0.6 is 35.3 Å². The van der Waals surface area contributed by atoms with E-state index in [2.05, 4.69) is 0 Å². The molecule has 0 amide bonds. The molecule has 9 heavy (non-hydrogen) atoms. The van der Waals surface area contributed by atoms with Crippen LogP contribution in [0.2, 0.25) is 0 Å². The number of rotatable bonds is 1. The van der Waals surface area contributed by atoms with Gasteiger partial charge in [-0.15, -0.1) is 35.3 Å². The highest BCUT2D eigenvalue weighted by Gasteiger charge is 2.14. The fourth-order valence-corrected chi connectivity index (χ4v) is 4.74. The summed E-state index contributed by atoms with van der Waals surface area (Å²) in [5.41, 5.74) is 0. The first-order valence-corrected chi connectivity index (χ1v) is 5.58. The molecule has 1 aliphatic rings. The lowest BCUT2D eigenvalue weighted by Gasteiger charge is -2.20. The minimum Gasteiger partial charge on any atom is -0.548 e. The van der Waals surface area contributed by atoms with Gasteiger partial charge < -0.3 is 9.90 Å².